The van der Waals surface area contributed by atoms with E-state index in [4.69, 9.17) is 0 Å². The molecule has 2 aromatic carbocycles. The third-order valence-electron chi connectivity index (χ3n) is 5.74. The number of nitrogens with zero attached hydrogens (tertiary/aromatic N) is 1. The van der Waals surface area contributed by atoms with E-state index in [9.17, 15) is 9.90 Å². The van der Waals surface area contributed by atoms with E-state index < -0.39 is 0 Å². The molecule has 1 atom stereocenters. The summed E-state index contributed by atoms with van der Waals surface area (Å²) in [4.78, 5) is 15.0. The molecular formula is C21H25NO2. The van der Waals surface area contributed by atoms with E-state index in [-0.39, 0.29) is 5.92 Å². The van der Waals surface area contributed by atoms with E-state index >= 15 is 0 Å². The number of phenols is 1. The molecule has 1 unspecified atom stereocenters. The van der Waals surface area contributed by atoms with Crippen molar-refractivity contribution in [3.63, 3.8) is 0 Å². The molecule has 3 nitrogen and oxygen atoms in total. The lowest BCUT2D eigenvalue weighted by atomic mass is 9.93. The lowest BCUT2D eigenvalue weighted by Crippen LogP contribution is -2.39. The first-order chi connectivity index (χ1) is 11.7. The Hall–Kier alpha value is -2.03. The van der Waals surface area contributed by atoms with Crippen molar-refractivity contribution in [1.82, 2.24) is 4.90 Å². The SMILES string of the molecule is O=C1C(Cc2ccc3ccc(O)cc3c2)CCN1C1CCCCC1. The number of hydrogen-bond acceptors (Lipinski definition) is 2. The largest absolute Gasteiger partial charge is 0.508 e. The zero-order chi connectivity index (χ0) is 16.5. The first kappa shape index (κ1) is 15.5. The Kier molecular flexibility index (Phi) is 4.17. The average molecular weight is 323 g/mol. The summed E-state index contributed by atoms with van der Waals surface area (Å²) < 4.78 is 0. The minimum atomic E-state index is 0.127. The molecule has 1 heterocycles. The molecule has 1 amide bonds. The van der Waals surface area contributed by atoms with Gasteiger partial charge < -0.3 is 10.0 Å². The van der Waals surface area contributed by atoms with Crippen LogP contribution in [-0.4, -0.2) is 28.5 Å². The van der Waals surface area contributed by atoms with Gasteiger partial charge in [0.1, 0.15) is 5.75 Å². The number of fused-ring (bicyclic) bond motifs is 1. The van der Waals surface area contributed by atoms with Gasteiger partial charge in [0, 0.05) is 18.5 Å². The molecule has 0 bridgehead atoms. The standard InChI is InChI=1S/C21H25NO2/c23-20-9-8-16-7-6-15(13-18(16)14-20)12-17-10-11-22(21(17)24)19-4-2-1-3-5-19/h6-9,13-14,17,19,23H,1-5,10-12H2. The summed E-state index contributed by atoms with van der Waals surface area (Å²) >= 11 is 0. The first-order valence-corrected chi connectivity index (χ1v) is 9.23. The van der Waals surface area contributed by atoms with Crippen molar-refractivity contribution in [3.8, 4) is 5.75 Å². The minimum absolute atomic E-state index is 0.127. The van der Waals surface area contributed by atoms with Crippen molar-refractivity contribution in [2.45, 2.75) is 51.0 Å². The van der Waals surface area contributed by atoms with Crippen LogP contribution in [0.3, 0.4) is 0 Å². The van der Waals surface area contributed by atoms with Crippen molar-refractivity contribution in [3.05, 3.63) is 42.0 Å². The number of carbonyl (C=O) groups excluding carboxylic acids is 1. The molecule has 1 N–H and O–H groups in total. The van der Waals surface area contributed by atoms with Gasteiger partial charge in [-0.3, -0.25) is 4.79 Å². The predicted octanol–water partition coefficient (Wildman–Crippen LogP) is 4.27. The quantitative estimate of drug-likeness (QED) is 0.916. The van der Waals surface area contributed by atoms with Crippen LogP contribution in [0.1, 0.15) is 44.1 Å². The van der Waals surface area contributed by atoms with Crippen LogP contribution < -0.4 is 0 Å². The highest BCUT2D eigenvalue weighted by Gasteiger charge is 2.35. The molecule has 1 saturated carbocycles. The molecule has 1 aliphatic heterocycles. The molecular weight excluding hydrogens is 298 g/mol. The Morgan fingerprint density at radius 3 is 2.58 bits per heavy atom. The van der Waals surface area contributed by atoms with Crippen LogP contribution in [0.15, 0.2) is 36.4 Å². The second-order valence-corrected chi connectivity index (χ2v) is 7.38. The topological polar surface area (TPSA) is 40.5 Å². The van der Waals surface area contributed by atoms with Gasteiger partial charge in [-0.05, 0) is 54.2 Å². The molecule has 3 heteroatoms. The number of rotatable bonds is 3. The molecule has 0 spiro atoms. The van der Waals surface area contributed by atoms with Crippen molar-refractivity contribution < 1.29 is 9.90 Å². The van der Waals surface area contributed by atoms with Crippen molar-refractivity contribution in [2.75, 3.05) is 6.54 Å². The van der Waals surface area contributed by atoms with Crippen LogP contribution in [0, 0.1) is 5.92 Å². The number of phenolic OH excluding ortho intramolecular Hbond substituents is 1. The summed E-state index contributed by atoms with van der Waals surface area (Å²) in [5.41, 5.74) is 1.19. The van der Waals surface area contributed by atoms with Gasteiger partial charge in [0.2, 0.25) is 5.91 Å². The van der Waals surface area contributed by atoms with Crippen LogP contribution in [0.2, 0.25) is 0 Å². The highest BCUT2D eigenvalue weighted by atomic mass is 16.3. The lowest BCUT2D eigenvalue weighted by Gasteiger charge is -2.31. The van der Waals surface area contributed by atoms with Crippen LogP contribution in [0.25, 0.3) is 10.8 Å². The van der Waals surface area contributed by atoms with E-state index in [1.807, 2.05) is 6.07 Å². The summed E-state index contributed by atoms with van der Waals surface area (Å²) in [6.45, 7) is 0.933. The predicted molar refractivity (Wildman–Crippen MR) is 96.0 cm³/mol. The van der Waals surface area contributed by atoms with Gasteiger partial charge in [-0.25, -0.2) is 0 Å². The average Bonchev–Trinajstić information content (AvgIpc) is 2.96. The van der Waals surface area contributed by atoms with Gasteiger partial charge in [0.05, 0.1) is 0 Å². The highest BCUT2D eigenvalue weighted by molar-refractivity contribution is 5.85. The number of carbonyl (C=O) groups is 1. The smallest absolute Gasteiger partial charge is 0.226 e. The summed E-state index contributed by atoms with van der Waals surface area (Å²) in [6.07, 6.45) is 8.04. The van der Waals surface area contributed by atoms with Gasteiger partial charge in [-0.2, -0.15) is 0 Å². The Morgan fingerprint density at radius 2 is 1.75 bits per heavy atom. The zero-order valence-corrected chi connectivity index (χ0v) is 14.1. The summed E-state index contributed by atoms with van der Waals surface area (Å²) in [5.74, 6) is 0.777. The van der Waals surface area contributed by atoms with Crippen molar-refractivity contribution >= 4 is 16.7 Å². The number of benzene rings is 2. The van der Waals surface area contributed by atoms with E-state index in [2.05, 4.69) is 23.1 Å². The monoisotopic (exact) mass is 323 g/mol. The molecule has 2 fully saturated rings. The molecule has 2 aliphatic rings. The Morgan fingerprint density at radius 1 is 0.958 bits per heavy atom. The third kappa shape index (κ3) is 3.00. The molecule has 1 aliphatic carbocycles. The lowest BCUT2D eigenvalue weighted by molar-refractivity contribution is -0.133. The van der Waals surface area contributed by atoms with E-state index in [1.54, 1.807) is 12.1 Å². The summed E-state index contributed by atoms with van der Waals surface area (Å²) in [6, 6.07) is 12.3. The number of hydrogen-bond donors (Lipinski definition) is 1. The molecule has 126 valence electrons. The zero-order valence-electron chi connectivity index (χ0n) is 14.1. The number of amides is 1. The summed E-state index contributed by atoms with van der Waals surface area (Å²) in [5, 5.41) is 11.8. The van der Waals surface area contributed by atoms with Gasteiger partial charge in [0.25, 0.3) is 0 Å². The maximum absolute atomic E-state index is 12.8. The first-order valence-electron chi connectivity index (χ1n) is 9.23. The van der Waals surface area contributed by atoms with Crippen LogP contribution in [0.4, 0.5) is 0 Å². The normalized spacial score (nSPS) is 22.4. The van der Waals surface area contributed by atoms with Gasteiger partial charge in [-0.1, -0.05) is 43.5 Å². The Labute approximate surface area is 143 Å². The number of aromatic hydroxyl groups is 1. The second kappa shape index (κ2) is 6.46. The molecule has 4 rings (SSSR count). The van der Waals surface area contributed by atoms with Gasteiger partial charge in [0.15, 0.2) is 0 Å². The third-order valence-corrected chi connectivity index (χ3v) is 5.74. The fourth-order valence-electron chi connectivity index (χ4n) is 4.40. The van der Waals surface area contributed by atoms with Gasteiger partial charge in [-0.15, -0.1) is 0 Å². The highest BCUT2D eigenvalue weighted by Crippen LogP contribution is 2.31. The van der Waals surface area contributed by atoms with Crippen molar-refractivity contribution in [2.24, 2.45) is 5.92 Å². The second-order valence-electron chi connectivity index (χ2n) is 7.38. The fourth-order valence-corrected chi connectivity index (χ4v) is 4.40. The molecule has 0 radical (unpaired) electrons. The Bertz CT molecular complexity index is 749. The van der Waals surface area contributed by atoms with Gasteiger partial charge >= 0.3 is 0 Å². The number of likely N-dealkylation sites (tertiary alicyclic amines) is 1. The fraction of sp³-hybridized carbons (Fsp3) is 0.476. The van der Waals surface area contributed by atoms with Crippen LogP contribution in [-0.2, 0) is 11.2 Å². The van der Waals surface area contributed by atoms with Crippen LogP contribution in [0.5, 0.6) is 5.75 Å². The maximum atomic E-state index is 12.8. The Balaban J connectivity index is 1.48. The molecule has 1 saturated heterocycles. The van der Waals surface area contributed by atoms with E-state index in [0.29, 0.717) is 17.7 Å². The minimum Gasteiger partial charge on any atom is -0.508 e. The van der Waals surface area contributed by atoms with Crippen molar-refractivity contribution in [1.29, 1.82) is 0 Å². The molecule has 0 aromatic heterocycles. The van der Waals surface area contributed by atoms with Crippen LogP contribution >= 0.6 is 0 Å². The molecule has 2 aromatic rings. The van der Waals surface area contributed by atoms with E-state index in [1.165, 1.54) is 37.7 Å². The maximum Gasteiger partial charge on any atom is 0.226 e. The summed E-state index contributed by atoms with van der Waals surface area (Å²) in [7, 11) is 0. The van der Waals surface area contributed by atoms with E-state index in [0.717, 1.165) is 30.2 Å². The molecule has 24 heavy (non-hydrogen) atoms.